The highest BCUT2D eigenvalue weighted by Crippen LogP contribution is 2.75. The van der Waals surface area contributed by atoms with E-state index >= 15 is 0 Å². The Labute approximate surface area is 278 Å². The fraction of sp³-hybridized carbons (Fsp3) is 0.917. The van der Waals surface area contributed by atoms with Gasteiger partial charge in [0.25, 0.3) is 0 Å². The molecule has 0 aromatic rings. The average Bonchev–Trinajstić information content (AvgIpc) is 3.02. The van der Waals surface area contributed by atoms with Gasteiger partial charge < -0.3 is 50.3 Å². The van der Waals surface area contributed by atoms with E-state index in [4.69, 9.17) is 9.47 Å². The SMILES string of the molecule is CC1(C)CC[C@]2(C(=O)O[C@@H]3O[C@H](CO)[C@H](O)[C@H](O)[C@H]3O)CC[C@]3(C)C(=CC[C@@H]4[C@@]5(C)C[C@@H](O)[C@@H](O)[C@@](C)(CO)[C@@H]5CC[C@]43C)[C@H]2[C@@H]1O. The van der Waals surface area contributed by atoms with Gasteiger partial charge in [0.1, 0.15) is 24.4 Å². The van der Waals surface area contributed by atoms with E-state index in [1.165, 1.54) is 0 Å². The zero-order valence-electron chi connectivity index (χ0n) is 28.8. The largest absolute Gasteiger partial charge is 0.432 e. The molecule has 16 atom stereocenters. The molecule has 1 saturated heterocycles. The number of aliphatic hydroxyl groups is 8. The molecular weight excluding hydrogens is 608 g/mol. The monoisotopic (exact) mass is 666 g/mol. The highest BCUT2D eigenvalue weighted by Gasteiger charge is 2.72. The first-order valence-electron chi connectivity index (χ1n) is 17.7. The Morgan fingerprint density at radius 1 is 0.851 bits per heavy atom. The molecule has 0 unspecified atom stereocenters. The number of aliphatic hydroxyl groups excluding tert-OH is 8. The molecule has 6 rings (SSSR count). The summed E-state index contributed by atoms with van der Waals surface area (Å²) < 4.78 is 11.4. The maximum absolute atomic E-state index is 14.4. The van der Waals surface area contributed by atoms with Crippen molar-refractivity contribution in [3.05, 3.63) is 11.6 Å². The summed E-state index contributed by atoms with van der Waals surface area (Å²) in [5.74, 6) is -1.08. The molecule has 11 heteroatoms. The molecule has 6 aliphatic rings. The van der Waals surface area contributed by atoms with Crippen LogP contribution in [0.15, 0.2) is 11.6 Å². The zero-order chi connectivity index (χ0) is 34.7. The van der Waals surface area contributed by atoms with Crippen molar-refractivity contribution in [2.45, 2.75) is 142 Å². The van der Waals surface area contributed by atoms with Gasteiger partial charge in [-0.1, -0.05) is 53.2 Å². The number of esters is 1. The number of allylic oxidation sites excluding steroid dienone is 1. The highest BCUT2D eigenvalue weighted by molar-refractivity contribution is 5.79. The Morgan fingerprint density at radius 3 is 2.15 bits per heavy atom. The number of hydrogen-bond donors (Lipinski definition) is 8. The van der Waals surface area contributed by atoms with Gasteiger partial charge in [0.15, 0.2) is 0 Å². The van der Waals surface area contributed by atoms with Crippen molar-refractivity contribution in [1.82, 2.24) is 0 Å². The number of ether oxygens (including phenoxy) is 2. The van der Waals surface area contributed by atoms with Crippen LogP contribution in [0.5, 0.6) is 0 Å². The van der Waals surface area contributed by atoms with Crippen molar-refractivity contribution < 1.29 is 55.1 Å². The molecule has 5 aliphatic carbocycles. The van der Waals surface area contributed by atoms with Crippen LogP contribution in [0.4, 0.5) is 0 Å². The van der Waals surface area contributed by atoms with Crippen LogP contribution < -0.4 is 0 Å². The molecule has 0 aromatic carbocycles. The molecule has 1 heterocycles. The first-order chi connectivity index (χ1) is 21.8. The second-order valence-electron chi connectivity index (χ2n) is 17.8. The van der Waals surface area contributed by atoms with Gasteiger partial charge in [-0.15, -0.1) is 0 Å². The van der Waals surface area contributed by atoms with Crippen molar-refractivity contribution in [2.24, 2.45) is 50.2 Å². The standard InChI is InChI=1S/C36H58O11/c1-31(2)11-13-36(30(45)47-29-26(42)25(41)24(40)20(16-37)46-29)14-12-34(5)18(23(36)28(31)44)7-8-22-32(3)15-19(39)27(43)33(4,17-38)21(32)9-10-35(22,34)6/h7,19-29,37-44H,8-17H2,1-6H3/t19-,20-,21-,22-,23+,24+,25+,26-,27-,28+,29+,32+,33+,34-,35-,36+/m1/s1. The Morgan fingerprint density at radius 2 is 1.51 bits per heavy atom. The number of carbonyl (C=O) groups is 1. The molecule has 268 valence electrons. The number of carbonyl (C=O) groups excluding carboxylic acids is 1. The van der Waals surface area contributed by atoms with E-state index in [2.05, 4.69) is 26.8 Å². The molecule has 5 fully saturated rings. The lowest BCUT2D eigenvalue weighted by Crippen LogP contribution is -2.69. The molecular formula is C36H58O11. The maximum Gasteiger partial charge on any atom is 0.315 e. The summed E-state index contributed by atoms with van der Waals surface area (Å²) >= 11 is 0. The van der Waals surface area contributed by atoms with Crippen LogP contribution in [0.3, 0.4) is 0 Å². The average molecular weight is 667 g/mol. The van der Waals surface area contributed by atoms with E-state index in [0.29, 0.717) is 38.5 Å². The number of rotatable bonds is 4. The van der Waals surface area contributed by atoms with Crippen LogP contribution in [-0.2, 0) is 14.3 Å². The van der Waals surface area contributed by atoms with Crippen molar-refractivity contribution in [1.29, 1.82) is 0 Å². The van der Waals surface area contributed by atoms with Gasteiger partial charge in [-0.3, -0.25) is 4.79 Å². The molecule has 0 aromatic heterocycles. The lowest BCUT2D eigenvalue weighted by Gasteiger charge is -2.71. The Balaban J connectivity index is 1.39. The summed E-state index contributed by atoms with van der Waals surface area (Å²) in [6, 6.07) is 0. The Hall–Kier alpha value is -1.15. The number of hydrogen-bond acceptors (Lipinski definition) is 11. The van der Waals surface area contributed by atoms with Gasteiger partial charge in [0.05, 0.1) is 36.9 Å². The topological polar surface area (TPSA) is 197 Å². The fourth-order valence-corrected chi connectivity index (χ4v) is 12.1. The molecule has 0 radical (unpaired) electrons. The lowest BCUT2D eigenvalue weighted by molar-refractivity contribution is -0.298. The fourth-order valence-electron chi connectivity index (χ4n) is 12.1. The lowest BCUT2D eigenvalue weighted by atomic mass is 9.33. The normalized spacial score (nSPS) is 55.4. The molecule has 0 amide bonds. The predicted octanol–water partition coefficient (Wildman–Crippen LogP) is 1.41. The van der Waals surface area contributed by atoms with Crippen molar-refractivity contribution in [3.63, 3.8) is 0 Å². The van der Waals surface area contributed by atoms with E-state index in [0.717, 1.165) is 18.4 Å². The van der Waals surface area contributed by atoms with Crippen molar-refractivity contribution in [3.8, 4) is 0 Å². The van der Waals surface area contributed by atoms with Gasteiger partial charge in [0.2, 0.25) is 6.29 Å². The van der Waals surface area contributed by atoms with E-state index < -0.39 is 89.2 Å². The van der Waals surface area contributed by atoms with Gasteiger partial charge in [-0.25, -0.2) is 0 Å². The minimum absolute atomic E-state index is 0.00502. The maximum atomic E-state index is 14.4. The van der Waals surface area contributed by atoms with Gasteiger partial charge in [0, 0.05) is 11.3 Å². The van der Waals surface area contributed by atoms with Crippen molar-refractivity contribution in [2.75, 3.05) is 13.2 Å². The summed E-state index contributed by atoms with van der Waals surface area (Å²) in [6.45, 7) is 11.9. The zero-order valence-corrected chi connectivity index (χ0v) is 28.8. The van der Waals surface area contributed by atoms with Crippen LogP contribution >= 0.6 is 0 Å². The summed E-state index contributed by atoms with van der Waals surface area (Å²) in [7, 11) is 0. The van der Waals surface area contributed by atoms with E-state index in [-0.39, 0.29) is 29.3 Å². The minimum atomic E-state index is -1.72. The van der Waals surface area contributed by atoms with E-state index in [1.54, 1.807) is 0 Å². The summed E-state index contributed by atoms with van der Waals surface area (Å²) in [4.78, 5) is 14.4. The van der Waals surface area contributed by atoms with Crippen molar-refractivity contribution >= 4 is 5.97 Å². The van der Waals surface area contributed by atoms with Crippen LogP contribution in [0.1, 0.15) is 92.9 Å². The Bertz CT molecular complexity index is 1270. The summed E-state index contributed by atoms with van der Waals surface area (Å²) in [5.41, 5.74) is -2.46. The quantitative estimate of drug-likeness (QED) is 0.160. The third kappa shape index (κ3) is 4.67. The molecule has 0 bridgehead atoms. The second kappa shape index (κ2) is 11.4. The molecule has 0 spiro atoms. The molecule has 11 nitrogen and oxygen atoms in total. The van der Waals surface area contributed by atoms with Gasteiger partial charge in [-0.05, 0) is 84.9 Å². The van der Waals surface area contributed by atoms with Gasteiger partial charge in [-0.2, -0.15) is 0 Å². The first-order valence-corrected chi connectivity index (χ1v) is 17.7. The van der Waals surface area contributed by atoms with Crippen LogP contribution in [0, 0.1) is 50.2 Å². The molecule has 4 saturated carbocycles. The van der Waals surface area contributed by atoms with E-state index in [1.807, 2.05) is 20.8 Å². The highest BCUT2D eigenvalue weighted by atomic mass is 16.7. The van der Waals surface area contributed by atoms with Crippen LogP contribution in [0.25, 0.3) is 0 Å². The molecule has 1 aliphatic heterocycles. The van der Waals surface area contributed by atoms with Crippen LogP contribution in [0.2, 0.25) is 0 Å². The van der Waals surface area contributed by atoms with E-state index in [9.17, 15) is 45.6 Å². The minimum Gasteiger partial charge on any atom is -0.432 e. The second-order valence-corrected chi connectivity index (χ2v) is 17.8. The molecule has 47 heavy (non-hydrogen) atoms. The predicted molar refractivity (Wildman–Crippen MR) is 169 cm³/mol. The third-order valence-electron chi connectivity index (χ3n) is 15.4. The third-order valence-corrected chi connectivity index (χ3v) is 15.4. The van der Waals surface area contributed by atoms with Gasteiger partial charge >= 0.3 is 5.97 Å². The smallest absolute Gasteiger partial charge is 0.315 e. The summed E-state index contributed by atoms with van der Waals surface area (Å²) in [5, 5.41) is 85.9. The first kappa shape index (κ1) is 35.7. The van der Waals surface area contributed by atoms with Crippen LogP contribution in [-0.4, -0.2) is 109 Å². The Kier molecular flexibility index (Phi) is 8.68. The number of fused-ring (bicyclic) bond motifs is 7. The summed E-state index contributed by atoms with van der Waals surface area (Å²) in [6.07, 6.45) is -3.62. The molecule has 8 N–H and O–H groups in total.